The lowest BCUT2D eigenvalue weighted by atomic mass is 10.1. The highest BCUT2D eigenvalue weighted by Crippen LogP contribution is 2.39. The van der Waals surface area contributed by atoms with Crippen molar-refractivity contribution >= 4 is 67.0 Å². The van der Waals surface area contributed by atoms with E-state index in [2.05, 4.69) is 36.0 Å². The van der Waals surface area contributed by atoms with Gasteiger partial charge in [0.15, 0.2) is 5.75 Å². The minimum atomic E-state index is 0.0663. The fourth-order valence-corrected chi connectivity index (χ4v) is 6.22. The zero-order valence-electron chi connectivity index (χ0n) is 31.9. The van der Waals surface area contributed by atoms with Gasteiger partial charge in [-0.25, -0.2) is 0 Å². The number of nitrogens with zero attached hydrogens (tertiary/aromatic N) is 6. The molecule has 0 aliphatic rings. The van der Waals surface area contributed by atoms with Gasteiger partial charge in [0.05, 0.1) is 42.2 Å². The van der Waals surface area contributed by atoms with Crippen molar-refractivity contribution in [3.05, 3.63) is 144 Å². The van der Waals surface area contributed by atoms with Crippen LogP contribution in [0, 0.1) is 34.6 Å². The Balaban J connectivity index is 1.04. The average Bonchev–Trinajstić information content (AvgIpc) is 3.21. The fourth-order valence-electron chi connectivity index (χ4n) is 6.22. The number of fused-ring (bicyclic) bond motifs is 2. The number of nitrogens with one attached hydrogen (secondary N) is 1. The molecule has 2 radical (unpaired) electrons. The van der Waals surface area contributed by atoms with E-state index in [0.717, 1.165) is 84.0 Å². The molecule has 7 aromatic rings. The molecule has 7 rings (SSSR count). The summed E-state index contributed by atoms with van der Waals surface area (Å²) in [6.07, 6.45) is 0.441. The summed E-state index contributed by atoms with van der Waals surface area (Å²) < 4.78 is 11.1. The molecule has 0 fully saturated rings. The number of azo groups is 3. The van der Waals surface area contributed by atoms with Crippen molar-refractivity contribution in [3.8, 4) is 17.2 Å². The molecule has 0 amide bonds. The van der Waals surface area contributed by atoms with Crippen LogP contribution < -0.4 is 14.8 Å². The van der Waals surface area contributed by atoms with E-state index >= 15 is 0 Å². The molecule has 7 aromatic carbocycles. The zero-order valence-corrected chi connectivity index (χ0v) is 31.9. The van der Waals surface area contributed by atoms with Crippen LogP contribution in [0.15, 0.2) is 146 Å². The lowest BCUT2D eigenvalue weighted by Gasteiger charge is -2.10. The molecule has 2 N–H and O–H groups in total. The second-order valence-electron chi connectivity index (χ2n) is 13.5. The highest BCUT2D eigenvalue weighted by Gasteiger charge is 2.11. The van der Waals surface area contributed by atoms with Crippen molar-refractivity contribution in [2.24, 2.45) is 30.7 Å². The third-order valence-electron chi connectivity index (χ3n) is 9.38. The van der Waals surface area contributed by atoms with Crippen LogP contribution in [0.2, 0.25) is 0 Å². The monoisotopic (exact) mass is 739 g/mol. The Bertz CT molecular complexity index is 2650. The normalized spacial score (nSPS) is 11.8. The number of anilines is 2. The topological polar surface area (TPSA) is 125 Å². The van der Waals surface area contributed by atoms with Crippen LogP contribution >= 0.6 is 0 Å². The summed E-state index contributed by atoms with van der Waals surface area (Å²) in [5, 5.41) is 45.2. The number of phenolic OH excluding ortho intramolecular Hbond substituents is 1. The third-order valence-corrected chi connectivity index (χ3v) is 9.38. The molecule has 0 unspecified atom stereocenters. The molecule has 10 heteroatoms. The van der Waals surface area contributed by atoms with Gasteiger partial charge in [-0.05, 0) is 165 Å². The molecule has 0 aliphatic heterocycles. The minimum Gasteiger partial charge on any atom is -0.505 e. The molecule has 0 atom stereocenters. The van der Waals surface area contributed by atoms with Crippen molar-refractivity contribution in [2.75, 3.05) is 19.0 Å². The van der Waals surface area contributed by atoms with E-state index in [1.54, 1.807) is 13.2 Å². The predicted molar refractivity (Wildman–Crippen MR) is 225 cm³/mol. The van der Waals surface area contributed by atoms with Crippen molar-refractivity contribution < 1.29 is 14.6 Å². The number of aryl methyl sites for hydroxylation is 4. The van der Waals surface area contributed by atoms with Gasteiger partial charge in [-0.3, -0.25) is 0 Å². The fraction of sp³-hybridized carbons (Fsp3) is 0.152. The molecular formula is C46H41N7O3. The van der Waals surface area contributed by atoms with Crippen molar-refractivity contribution in [1.82, 2.24) is 0 Å². The van der Waals surface area contributed by atoms with E-state index in [0.29, 0.717) is 29.8 Å². The van der Waals surface area contributed by atoms with Crippen LogP contribution in [0.4, 0.5) is 45.5 Å². The lowest BCUT2D eigenvalue weighted by molar-refractivity contribution is 0.328. The molecule has 10 nitrogen and oxygen atoms in total. The van der Waals surface area contributed by atoms with Gasteiger partial charge in [0.25, 0.3) is 0 Å². The maximum absolute atomic E-state index is 11.1. The second-order valence-corrected chi connectivity index (χ2v) is 13.5. The number of phenols is 1. The van der Waals surface area contributed by atoms with Crippen molar-refractivity contribution in [2.45, 2.75) is 34.1 Å². The Morgan fingerprint density at radius 2 is 1.12 bits per heavy atom. The summed E-state index contributed by atoms with van der Waals surface area (Å²) >= 11 is 0. The van der Waals surface area contributed by atoms with Gasteiger partial charge in [0, 0.05) is 22.1 Å². The van der Waals surface area contributed by atoms with Crippen LogP contribution in [-0.2, 0) is 0 Å². The number of aromatic hydroxyl groups is 1. The largest absolute Gasteiger partial charge is 0.505 e. The first-order valence-corrected chi connectivity index (χ1v) is 18.2. The molecule has 0 aromatic heterocycles. The van der Waals surface area contributed by atoms with Crippen molar-refractivity contribution in [3.63, 3.8) is 0 Å². The smallest absolute Gasteiger partial charge is 0.150 e. The van der Waals surface area contributed by atoms with Crippen LogP contribution in [-0.4, -0.2) is 18.8 Å². The standard InChI is InChI=1S/C46H41N7O3/c1-7-21-56-45-10-8-9-32-11-13-36(27-39(32)45)48-50-41-22-29(3)43(23-28(41)2)52-53-44-25-30(4)42(24-31(44)5)51-49-40-20-12-33-26-35(16-19-38(33)46(40)54)47-34-14-17-37(55-6)18-15-34/h1,8-20,22-27,47,54H,7,21H2,2-6H3. The van der Waals surface area contributed by atoms with Crippen molar-refractivity contribution in [1.29, 1.82) is 0 Å². The first-order chi connectivity index (χ1) is 27.2. The molecule has 56 heavy (non-hydrogen) atoms. The third kappa shape index (κ3) is 8.39. The van der Waals surface area contributed by atoms with Gasteiger partial charge in [-0.2, -0.15) is 25.6 Å². The van der Waals surface area contributed by atoms with E-state index in [-0.39, 0.29) is 5.75 Å². The summed E-state index contributed by atoms with van der Waals surface area (Å²) in [7, 11) is 1.64. The SMILES string of the molecule is [CH]CCOc1cccc2ccc(N=Nc3cc(C)c(N=Nc4cc(C)c(N=Nc5ccc6cc(Nc7ccc(OC)cc7)ccc6c5O)cc4C)cc3C)cc12. The van der Waals surface area contributed by atoms with E-state index in [1.807, 2.05) is 137 Å². The van der Waals surface area contributed by atoms with Crippen LogP contribution in [0.1, 0.15) is 28.7 Å². The van der Waals surface area contributed by atoms with E-state index in [9.17, 15) is 5.11 Å². The number of benzene rings is 7. The zero-order chi connectivity index (χ0) is 39.2. The quantitative estimate of drug-likeness (QED) is 0.121. The number of hydrogen-bond acceptors (Lipinski definition) is 10. The molecule has 278 valence electrons. The maximum Gasteiger partial charge on any atom is 0.150 e. The Morgan fingerprint density at radius 3 is 1.73 bits per heavy atom. The molecule has 0 bridgehead atoms. The minimum absolute atomic E-state index is 0.0663. The summed E-state index contributed by atoms with van der Waals surface area (Å²) in [6.45, 7) is 13.9. The van der Waals surface area contributed by atoms with Gasteiger partial charge >= 0.3 is 0 Å². The average molecular weight is 740 g/mol. The number of methoxy groups -OCH3 is 1. The van der Waals surface area contributed by atoms with Crippen LogP contribution in [0.25, 0.3) is 21.5 Å². The van der Waals surface area contributed by atoms with Gasteiger partial charge in [0.1, 0.15) is 17.2 Å². The Hall–Kier alpha value is -6.94. The van der Waals surface area contributed by atoms with Crippen LogP contribution in [0.5, 0.6) is 17.2 Å². The van der Waals surface area contributed by atoms with Gasteiger partial charge in [0.2, 0.25) is 0 Å². The molecule has 0 heterocycles. The second kappa shape index (κ2) is 16.6. The molecular weight excluding hydrogens is 699 g/mol. The first-order valence-electron chi connectivity index (χ1n) is 18.2. The van der Waals surface area contributed by atoms with Gasteiger partial charge in [-0.15, -0.1) is 5.11 Å². The number of hydrogen-bond donors (Lipinski definition) is 2. The van der Waals surface area contributed by atoms with Gasteiger partial charge < -0.3 is 19.9 Å². The Kier molecular flexibility index (Phi) is 11.1. The van der Waals surface area contributed by atoms with Gasteiger partial charge in [-0.1, -0.05) is 24.3 Å². The number of rotatable bonds is 12. The lowest BCUT2D eigenvalue weighted by Crippen LogP contribution is -1.95. The van der Waals surface area contributed by atoms with Crippen LogP contribution in [0.3, 0.4) is 0 Å². The molecule has 0 saturated heterocycles. The summed E-state index contributed by atoms with van der Waals surface area (Å²) in [5.74, 6) is 1.63. The number of ether oxygens (including phenoxy) is 2. The molecule has 0 spiro atoms. The summed E-state index contributed by atoms with van der Waals surface area (Å²) in [6, 6.07) is 36.8. The Labute approximate surface area is 326 Å². The highest BCUT2D eigenvalue weighted by atomic mass is 16.5. The van der Waals surface area contributed by atoms with E-state index in [1.165, 1.54) is 0 Å². The highest BCUT2D eigenvalue weighted by molar-refractivity contribution is 5.95. The first kappa shape index (κ1) is 37.4. The summed E-state index contributed by atoms with van der Waals surface area (Å²) in [5.41, 5.74) is 9.42. The van der Waals surface area contributed by atoms with E-state index in [4.69, 9.17) is 16.4 Å². The maximum atomic E-state index is 11.1. The molecule has 0 saturated carbocycles. The Morgan fingerprint density at radius 1 is 0.554 bits per heavy atom. The molecule has 0 aliphatic carbocycles. The van der Waals surface area contributed by atoms with E-state index < -0.39 is 0 Å². The predicted octanol–water partition coefficient (Wildman–Crippen LogP) is 14.4. The summed E-state index contributed by atoms with van der Waals surface area (Å²) in [4.78, 5) is 0.